The molecule has 104 valence electrons. The van der Waals surface area contributed by atoms with Gasteiger partial charge in [-0.3, -0.25) is 9.78 Å². The molecule has 2 heterocycles. The number of Topliss-reactive ketones (excluding diaryl/α,β-unsaturated/α-hetero) is 1. The number of ether oxygens (including phenoxy) is 2. The Hall–Kier alpha value is -1.78. The van der Waals surface area contributed by atoms with Crippen molar-refractivity contribution in [2.24, 2.45) is 0 Å². The first-order chi connectivity index (χ1) is 9.75. The normalized spacial score (nSPS) is 18.1. The summed E-state index contributed by atoms with van der Waals surface area (Å²) in [6, 6.07) is 9.49. The number of rotatable bonds is 3. The van der Waals surface area contributed by atoms with E-state index in [1.54, 1.807) is 13.3 Å². The van der Waals surface area contributed by atoms with Gasteiger partial charge in [-0.1, -0.05) is 18.2 Å². The fourth-order valence-electron chi connectivity index (χ4n) is 2.70. The molecule has 3 rings (SSSR count). The van der Waals surface area contributed by atoms with Crippen LogP contribution in [0.2, 0.25) is 0 Å². The quantitative estimate of drug-likeness (QED) is 0.805. The van der Waals surface area contributed by atoms with Crippen LogP contribution < -0.4 is 0 Å². The van der Waals surface area contributed by atoms with E-state index >= 15 is 0 Å². The highest BCUT2D eigenvalue weighted by Crippen LogP contribution is 2.29. The Labute approximate surface area is 117 Å². The molecule has 1 aliphatic rings. The van der Waals surface area contributed by atoms with Crippen LogP contribution in [0.1, 0.15) is 23.2 Å². The average molecular weight is 271 g/mol. The number of pyridine rings is 1. The predicted octanol–water partition coefficient (Wildman–Crippen LogP) is 2.61. The molecule has 0 amide bonds. The number of benzene rings is 1. The first kappa shape index (κ1) is 13.2. The maximum Gasteiger partial charge on any atom is 0.194 e. The Bertz CT molecular complexity index is 632. The summed E-state index contributed by atoms with van der Waals surface area (Å²) < 4.78 is 10.9. The Morgan fingerprint density at radius 2 is 2.10 bits per heavy atom. The fraction of sp³-hybridized carbons (Fsp3) is 0.375. The van der Waals surface area contributed by atoms with E-state index in [0.29, 0.717) is 31.6 Å². The molecule has 4 nitrogen and oxygen atoms in total. The summed E-state index contributed by atoms with van der Waals surface area (Å²) >= 11 is 0. The third kappa shape index (κ3) is 2.21. The minimum Gasteiger partial charge on any atom is -0.381 e. The van der Waals surface area contributed by atoms with Crippen molar-refractivity contribution in [1.82, 2.24) is 4.98 Å². The smallest absolute Gasteiger partial charge is 0.194 e. The van der Waals surface area contributed by atoms with Crippen molar-refractivity contribution in [2.45, 2.75) is 18.4 Å². The molecule has 0 radical (unpaired) electrons. The lowest BCUT2D eigenvalue weighted by atomic mass is 9.85. The molecule has 0 spiro atoms. The lowest BCUT2D eigenvalue weighted by Crippen LogP contribution is -2.45. The largest absolute Gasteiger partial charge is 0.381 e. The summed E-state index contributed by atoms with van der Waals surface area (Å²) in [5.41, 5.74) is 0.734. The molecule has 1 aromatic heterocycles. The lowest BCUT2D eigenvalue weighted by molar-refractivity contribution is -0.0663. The molecule has 0 saturated carbocycles. The summed E-state index contributed by atoms with van der Waals surface area (Å²) in [5, 5.41) is 1.03. The van der Waals surface area contributed by atoms with Gasteiger partial charge >= 0.3 is 0 Å². The first-order valence-corrected chi connectivity index (χ1v) is 6.78. The minimum absolute atomic E-state index is 0.0239. The number of nitrogens with zero attached hydrogens (tertiary/aromatic N) is 1. The minimum atomic E-state index is -0.749. The van der Waals surface area contributed by atoms with Crippen LogP contribution in [-0.2, 0) is 9.47 Å². The van der Waals surface area contributed by atoms with Crippen LogP contribution in [0.4, 0.5) is 0 Å². The molecule has 2 aromatic rings. The Morgan fingerprint density at radius 1 is 1.30 bits per heavy atom. The zero-order valence-electron chi connectivity index (χ0n) is 11.5. The van der Waals surface area contributed by atoms with E-state index in [4.69, 9.17) is 9.47 Å². The van der Waals surface area contributed by atoms with Gasteiger partial charge in [-0.05, 0) is 12.1 Å². The average Bonchev–Trinajstić information content (AvgIpc) is 2.54. The van der Waals surface area contributed by atoms with E-state index in [0.717, 1.165) is 10.9 Å². The van der Waals surface area contributed by atoms with Gasteiger partial charge in [0, 0.05) is 50.3 Å². The molecule has 0 N–H and O–H groups in total. The molecule has 1 aromatic carbocycles. The van der Waals surface area contributed by atoms with Gasteiger partial charge in [-0.25, -0.2) is 0 Å². The number of carbonyl (C=O) groups is 1. The van der Waals surface area contributed by atoms with Crippen molar-refractivity contribution < 1.29 is 14.3 Å². The van der Waals surface area contributed by atoms with Gasteiger partial charge < -0.3 is 9.47 Å². The standard InChI is InChI=1S/C16H17NO3/c1-19-16(6-9-20-10-7-16)15(18)13-5-4-12-3-2-8-17-14(12)11-13/h2-5,8,11H,6-7,9-10H2,1H3. The molecule has 1 aliphatic heterocycles. The fourth-order valence-corrected chi connectivity index (χ4v) is 2.70. The summed E-state index contributed by atoms with van der Waals surface area (Å²) in [6.45, 7) is 1.12. The maximum atomic E-state index is 12.8. The Kier molecular flexibility index (Phi) is 3.51. The second kappa shape index (κ2) is 5.31. The van der Waals surface area contributed by atoms with Crippen LogP contribution in [0, 0.1) is 0 Å². The van der Waals surface area contributed by atoms with Gasteiger partial charge in [0.15, 0.2) is 5.78 Å². The van der Waals surface area contributed by atoms with E-state index in [-0.39, 0.29) is 5.78 Å². The maximum absolute atomic E-state index is 12.8. The SMILES string of the molecule is COC1(C(=O)c2ccc3cccnc3c2)CCOCC1. The monoisotopic (exact) mass is 271 g/mol. The predicted molar refractivity (Wildman–Crippen MR) is 75.9 cm³/mol. The van der Waals surface area contributed by atoms with E-state index in [1.165, 1.54) is 0 Å². The molecular formula is C16H17NO3. The Morgan fingerprint density at radius 3 is 2.85 bits per heavy atom. The van der Waals surface area contributed by atoms with Crippen molar-refractivity contribution in [3.05, 3.63) is 42.1 Å². The number of hydrogen-bond donors (Lipinski definition) is 0. The number of methoxy groups -OCH3 is 1. The summed E-state index contributed by atoms with van der Waals surface area (Å²) in [7, 11) is 1.60. The van der Waals surface area contributed by atoms with Crippen LogP contribution in [0.15, 0.2) is 36.5 Å². The van der Waals surface area contributed by atoms with Crippen molar-refractivity contribution in [3.63, 3.8) is 0 Å². The van der Waals surface area contributed by atoms with E-state index in [2.05, 4.69) is 4.98 Å². The summed E-state index contributed by atoms with van der Waals surface area (Å²) in [6.07, 6.45) is 2.93. The molecule has 20 heavy (non-hydrogen) atoms. The molecule has 0 aliphatic carbocycles. The van der Waals surface area contributed by atoms with Crippen LogP contribution in [0.3, 0.4) is 0 Å². The van der Waals surface area contributed by atoms with Crippen molar-refractivity contribution in [3.8, 4) is 0 Å². The van der Waals surface area contributed by atoms with E-state index in [1.807, 2.05) is 30.3 Å². The van der Waals surface area contributed by atoms with Crippen LogP contribution in [0.5, 0.6) is 0 Å². The highest BCUT2D eigenvalue weighted by molar-refractivity contribution is 6.04. The topological polar surface area (TPSA) is 48.4 Å². The van der Waals surface area contributed by atoms with Crippen molar-refractivity contribution in [2.75, 3.05) is 20.3 Å². The zero-order valence-corrected chi connectivity index (χ0v) is 11.5. The summed E-state index contributed by atoms with van der Waals surface area (Å²) in [5.74, 6) is 0.0239. The van der Waals surface area contributed by atoms with Gasteiger partial charge in [0.1, 0.15) is 5.60 Å². The molecule has 0 atom stereocenters. The van der Waals surface area contributed by atoms with Gasteiger partial charge in [-0.2, -0.15) is 0 Å². The molecule has 4 heteroatoms. The Balaban J connectivity index is 1.98. The van der Waals surface area contributed by atoms with Gasteiger partial charge in [-0.15, -0.1) is 0 Å². The number of aromatic nitrogens is 1. The molecule has 0 unspecified atom stereocenters. The van der Waals surface area contributed by atoms with Gasteiger partial charge in [0.05, 0.1) is 5.52 Å². The molecule has 1 saturated heterocycles. The van der Waals surface area contributed by atoms with Crippen LogP contribution >= 0.6 is 0 Å². The lowest BCUT2D eigenvalue weighted by Gasteiger charge is -2.34. The second-order valence-corrected chi connectivity index (χ2v) is 5.05. The van der Waals surface area contributed by atoms with Gasteiger partial charge in [0.2, 0.25) is 0 Å². The molecule has 1 fully saturated rings. The number of ketones is 1. The van der Waals surface area contributed by atoms with E-state index in [9.17, 15) is 4.79 Å². The number of fused-ring (bicyclic) bond motifs is 1. The number of hydrogen-bond acceptors (Lipinski definition) is 4. The third-order valence-corrected chi connectivity index (χ3v) is 3.97. The highest BCUT2D eigenvalue weighted by Gasteiger charge is 2.40. The highest BCUT2D eigenvalue weighted by atomic mass is 16.5. The molecular weight excluding hydrogens is 254 g/mol. The second-order valence-electron chi connectivity index (χ2n) is 5.05. The van der Waals surface area contributed by atoms with E-state index < -0.39 is 5.60 Å². The van der Waals surface area contributed by atoms with Crippen LogP contribution in [0.25, 0.3) is 10.9 Å². The third-order valence-electron chi connectivity index (χ3n) is 3.97. The number of carbonyl (C=O) groups excluding carboxylic acids is 1. The van der Waals surface area contributed by atoms with Crippen LogP contribution in [-0.4, -0.2) is 36.7 Å². The summed E-state index contributed by atoms with van der Waals surface area (Å²) in [4.78, 5) is 17.1. The van der Waals surface area contributed by atoms with Gasteiger partial charge in [0.25, 0.3) is 0 Å². The zero-order chi connectivity index (χ0) is 14.0. The molecule has 0 bridgehead atoms. The first-order valence-electron chi connectivity index (χ1n) is 6.78. The van der Waals surface area contributed by atoms with Crippen molar-refractivity contribution >= 4 is 16.7 Å². The van der Waals surface area contributed by atoms with Crippen molar-refractivity contribution in [1.29, 1.82) is 0 Å².